The summed E-state index contributed by atoms with van der Waals surface area (Å²) >= 11 is 0. The van der Waals surface area contributed by atoms with Crippen LogP contribution in [0.3, 0.4) is 0 Å². The summed E-state index contributed by atoms with van der Waals surface area (Å²) in [7, 11) is 0. The number of carbonyl (C=O) groups excluding carboxylic acids is 1. The van der Waals surface area contributed by atoms with Gasteiger partial charge in [0, 0.05) is 22.2 Å². The van der Waals surface area contributed by atoms with Crippen LogP contribution < -0.4 is 10.4 Å². The van der Waals surface area contributed by atoms with Crippen LogP contribution in [-0.2, 0) is 0 Å². The van der Waals surface area contributed by atoms with E-state index in [9.17, 15) is 14.3 Å². The maximum Gasteiger partial charge on any atom is 0.134 e. The van der Waals surface area contributed by atoms with Crippen molar-refractivity contribution >= 4 is 28.4 Å². The summed E-state index contributed by atoms with van der Waals surface area (Å²) in [4.78, 5) is 15.8. The summed E-state index contributed by atoms with van der Waals surface area (Å²) in [5.74, 6) is -1.46. The topological polar surface area (TPSA) is 65.0 Å². The van der Waals surface area contributed by atoms with Crippen LogP contribution in [-0.4, -0.2) is 11.0 Å². The summed E-state index contributed by atoms with van der Waals surface area (Å²) in [6, 6.07) is 13.1. The molecule has 1 N–H and O–H groups in total. The molecular weight excluding hydrogens is 283 g/mol. The molecule has 0 aliphatic rings. The van der Waals surface area contributed by atoms with Gasteiger partial charge in [0.25, 0.3) is 0 Å². The quantitative estimate of drug-likeness (QED) is 0.807. The van der Waals surface area contributed by atoms with Gasteiger partial charge >= 0.3 is 0 Å². The summed E-state index contributed by atoms with van der Waals surface area (Å²) in [5.41, 5.74) is 1.53. The number of hydrogen-bond acceptors (Lipinski definition) is 4. The zero-order chi connectivity index (χ0) is 15.7. The summed E-state index contributed by atoms with van der Waals surface area (Å²) in [5, 5.41) is 14.8. The van der Waals surface area contributed by atoms with E-state index in [1.54, 1.807) is 6.92 Å². The maximum atomic E-state index is 13.4. The number of pyridine rings is 1. The van der Waals surface area contributed by atoms with Crippen molar-refractivity contribution in [2.45, 2.75) is 6.92 Å². The fourth-order valence-corrected chi connectivity index (χ4v) is 2.37. The number of rotatable bonds is 3. The minimum Gasteiger partial charge on any atom is -0.545 e. The van der Waals surface area contributed by atoms with Crippen LogP contribution in [0, 0.1) is 12.7 Å². The Hall–Kier alpha value is -2.95. The van der Waals surface area contributed by atoms with Crippen LogP contribution in [0.25, 0.3) is 10.9 Å². The van der Waals surface area contributed by atoms with Crippen LogP contribution in [0.4, 0.5) is 15.9 Å². The number of carboxylic acid groups (broad SMARTS) is 1. The van der Waals surface area contributed by atoms with Gasteiger partial charge in [-0.1, -0.05) is 18.2 Å². The summed E-state index contributed by atoms with van der Waals surface area (Å²) < 4.78 is 13.4. The Kier molecular flexibility index (Phi) is 3.47. The molecule has 0 spiro atoms. The van der Waals surface area contributed by atoms with Gasteiger partial charge in [0.15, 0.2) is 0 Å². The number of para-hydroxylation sites is 1. The van der Waals surface area contributed by atoms with Gasteiger partial charge in [-0.2, -0.15) is 0 Å². The van der Waals surface area contributed by atoms with Crippen molar-refractivity contribution in [2.24, 2.45) is 0 Å². The monoisotopic (exact) mass is 295 g/mol. The molecule has 3 rings (SSSR count). The number of fused-ring (bicyclic) bond motifs is 1. The van der Waals surface area contributed by atoms with Crippen LogP contribution in [0.15, 0.2) is 48.5 Å². The van der Waals surface area contributed by atoms with Gasteiger partial charge in [0.1, 0.15) is 11.6 Å². The first kappa shape index (κ1) is 14.0. The molecule has 2 aromatic carbocycles. The van der Waals surface area contributed by atoms with Crippen LogP contribution in [0.1, 0.15) is 15.9 Å². The summed E-state index contributed by atoms with van der Waals surface area (Å²) in [6.07, 6.45) is 0. The Morgan fingerprint density at radius 1 is 1.18 bits per heavy atom. The average molecular weight is 295 g/mol. The number of aromatic carboxylic acids is 1. The molecule has 0 unspecified atom stereocenters. The van der Waals surface area contributed by atoms with Gasteiger partial charge < -0.3 is 15.2 Å². The second-order valence-corrected chi connectivity index (χ2v) is 4.90. The highest BCUT2D eigenvalue weighted by Crippen LogP contribution is 2.28. The lowest BCUT2D eigenvalue weighted by Crippen LogP contribution is -2.24. The lowest BCUT2D eigenvalue weighted by atomic mass is 10.0. The van der Waals surface area contributed by atoms with Crippen molar-refractivity contribution in [1.29, 1.82) is 0 Å². The third kappa shape index (κ3) is 2.48. The minimum absolute atomic E-state index is 0.0528. The number of aromatic nitrogens is 1. The van der Waals surface area contributed by atoms with Crippen molar-refractivity contribution in [1.82, 2.24) is 4.98 Å². The Morgan fingerprint density at radius 2 is 1.91 bits per heavy atom. The first-order chi connectivity index (χ1) is 10.6. The molecule has 0 bridgehead atoms. The molecule has 0 saturated carbocycles. The van der Waals surface area contributed by atoms with Crippen molar-refractivity contribution in [3.63, 3.8) is 0 Å². The van der Waals surface area contributed by atoms with Crippen molar-refractivity contribution < 1.29 is 14.3 Å². The van der Waals surface area contributed by atoms with E-state index in [1.165, 1.54) is 12.1 Å². The number of halogens is 1. The van der Waals surface area contributed by atoms with Gasteiger partial charge in [0.2, 0.25) is 0 Å². The Bertz CT molecular complexity index is 863. The fourth-order valence-electron chi connectivity index (χ4n) is 2.37. The molecule has 0 fully saturated rings. The van der Waals surface area contributed by atoms with Crippen molar-refractivity contribution in [3.8, 4) is 0 Å². The van der Waals surface area contributed by atoms with E-state index in [0.717, 1.165) is 11.8 Å². The van der Waals surface area contributed by atoms with E-state index in [0.29, 0.717) is 16.9 Å². The van der Waals surface area contributed by atoms with Gasteiger partial charge in [-0.3, -0.25) is 0 Å². The molecule has 1 aromatic heterocycles. The van der Waals surface area contributed by atoms with Crippen LogP contribution >= 0.6 is 0 Å². The average Bonchev–Trinajstić information content (AvgIpc) is 2.49. The van der Waals surface area contributed by atoms with Gasteiger partial charge in [-0.15, -0.1) is 0 Å². The smallest absolute Gasteiger partial charge is 0.134 e. The molecule has 110 valence electrons. The molecule has 4 nitrogen and oxygen atoms in total. The SMILES string of the molecule is Cc1c(Nc2ccccc2)nc2ccc(F)cc2c1C(=O)[O-]. The molecule has 1 heterocycles. The van der Waals surface area contributed by atoms with E-state index in [-0.39, 0.29) is 10.9 Å². The molecular formula is C17H12FN2O2-. The molecule has 0 aliphatic heterocycles. The normalized spacial score (nSPS) is 10.6. The fraction of sp³-hybridized carbons (Fsp3) is 0.0588. The Balaban J connectivity index is 2.21. The first-order valence-corrected chi connectivity index (χ1v) is 6.69. The largest absolute Gasteiger partial charge is 0.545 e. The lowest BCUT2D eigenvalue weighted by molar-refractivity contribution is -0.254. The molecule has 0 atom stereocenters. The van der Waals surface area contributed by atoms with E-state index < -0.39 is 11.8 Å². The zero-order valence-electron chi connectivity index (χ0n) is 11.8. The number of hydrogen-bond donors (Lipinski definition) is 1. The molecule has 5 heteroatoms. The third-order valence-electron chi connectivity index (χ3n) is 3.43. The number of carboxylic acids is 1. The molecule has 0 radical (unpaired) electrons. The molecule has 22 heavy (non-hydrogen) atoms. The molecule has 0 saturated heterocycles. The van der Waals surface area contributed by atoms with Crippen LogP contribution in [0.2, 0.25) is 0 Å². The minimum atomic E-state index is -1.35. The number of benzene rings is 2. The zero-order valence-corrected chi connectivity index (χ0v) is 11.8. The van der Waals surface area contributed by atoms with E-state index >= 15 is 0 Å². The van der Waals surface area contributed by atoms with E-state index in [4.69, 9.17) is 0 Å². The number of carbonyl (C=O) groups is 1. The maximum absolute atomic E-state index is 13.4. The first-order valence-electron chi connectivity index (χ1n) is 6.69. The number of nitrogens with one attached hydrogen (secondary N) is 1. The highest BCUT2D eigenvalue weighted by molar-refractivity contribution is 6.04. The predicted molar refractivity (Wildman–Crippen MR) is 80.5 cm³/mol. The van der Waals surface area contributed by atoms with E-state index in [2.05, 4.69) is 10.3 Å². The van der Waals surface area contributed by atoms with Gasteiger partial charge in [-0.05, 0) is 37.3 Å². The highest BCUT2D eigenvalue weighted by atomic mass is 19.1. The molecule has 3 aromatic rings. The summed E-state index contributed by atoms with van der Waals surface area (Å²) in [6.45, 7) is 1.62. The number of nitrogens with zero attached hydrogens (tertiary/aromatic N) is 1. The van der Waals surface area contributed by atoms with Gasteiger partial charge in [0.05, 0.1) is 11.5 Å². The number of anilines is 2. The van der Waals surface area contributed by atoms with Crippen molar-refractivity contribution in [3.05, 3.63) is 65.5 Å². The third-order valence-corrected chi connectivity index (χ3v) is 3.43. The predicted octanol–water partition coefficient (Wildman–Crippen LogP) is 2.79. The standard InChI is InChI=1S/C17H13FN2O2/c1-10-15(17(21)22)13-9-11(18)7-8-14(13)20-16(10)19-12-5-3-2-4-6-12/h2-9H,1H3,(H,19,20)(H,21,22)/p-1. The molecule has 0 aliphatic carbocycles. The lowest BCUT2D eigenvalue weighted by Gasteiger charge is -2.16. The van der Waals surface area contributed by atoms with Gasteiger partial charge in [-0.25, -0.2) is 9.37 Å². The highest BCUT2D eigenvalue weighted by Gasteiger charge is 2.13. The van der Waals surface area contributed by atoms with E-state index in [1.807, 2.05) is 30.3 Å². The Morgan fingerprint density at radius 3 is 2.59 bits per heavy atom. The Labute approximate surface area is 126 Å². The van der Waals surface area contributed by atoms with Crippen LogP contribution in [0.5, 0.6) is 0 Å². The molecule has 0 amide bonds. The second-order valence-electron chi connectivity index (χ2n) is 4.90. The second kappa shape index (κ2) is 5.44. The van der Waals surface area contributed by atoms with Crippen molar-refractivity contribution in [2.75, 3.05) is 5.32 Å².